The molecule has 0 N–H and O–H groups in total. The third-order valence-electron chi connectivity index (χ3n) is 3.48. The summed E-state index contributed by atoms with van der Waals surface area (Å²) >= 11 is 0. The fraction of sp³-hybridized carbons (Fsp3) is 0.750. The van der Waals surface area contributed by atoms with E-state index in [-0.39, 0.29) is 0 Å². The van der Waals surface area contributed by atoms with Crippen molar-refractivity contribution < 1.29 is 0 Å². The first-order valence-corrected chi connectivity index (χ1v) is 5.73. The van der Waals surface area contributed by atoms with E-state index in [0.29, 0.717) is 0 Å². The summed E-state index contributed by atoms with van der Waals surface area (Å²) in [4.78, 5) is 2.56. The molecule has 14 heavy (non-hydrogen) atoms. The Morgan fingerprint density at radius 3 is 2.64 bits per heavy atom. The van der Waals surface area contributed by atoms with Gasteiger partial charge in [0.15, 0.2) is 0 Å². The van der Waals surface area contributed by atoms with Crippen LogP contribution in [0.5, 0.6) is 0 Å². The van der Waals surface area contributed by atoms with E-state index in [1.165, 1.54) is 32.1 Å². The predicted octanol–water partition coefficient (Wildman–Crippen LogP) is 2.47. The lowest BCUT2D eigenvalue weighted by Gasteiger charge is -2.35. The van der Waals surface area contributed by atoms with E-state index in [0.717, 1.165) is 31.1 Å². The minimum absolute atomic E-state index is 0.806. The van der Waals surface area contributed by atoms with Gasteiger partial charge in [0.2, 0.25) is 0 Å². The molecule has 1 saturated carbocycles. The molecular formula is C12H18N2. The van der Waals surface area contributed by atoms with Gasteiger partial charge in [-0.1, -0.05) is 25.3 Å². The van der Waals surface area contributed by atoms with Gasteiger partial charge in [-0.15, -0.1) is 0 Å². The zero-order chi connectivity index (χ0) is 9.80. The molecule has 0 spiro atoms. The second-order valence-electron chi connectivity index (χ2n) is 4.38. The molecule has 2 nitrogen and oxygen atoms in total. The van der Waals surface area contributed by atoms with Crippen LogP contribution in [0.15, 0.2) is 11.6 Å². The van der Waals surface area contributed by atoms with Gasteiger partial charge in [0, 0.05) is 24.7 Å². The molecule has 2 rings (SSSR count). The second-order valence-corrected chi connectivity index (χ2v) is 4.38. The molecule has 0 radical (unpaired) electrons. The second kappa shape index (κ2) is 4.61. The van der Waals surface area contributed by atoms with Crippen LogP contribution in [0.1, 0.15) is 38.5 Å². The van der Waals surface area contributed by atoms with Crippen molar-refractivity contribution in [3.8, 4) is 6.07 Å². The first-order chi connectivity index (χ1) is 6.90. The fourth-order valence-corrected chi connectivity index (χ4v) is 2.56. The van der Waals surface area contributed by atoms with Crippen LogP contribution in [0.4, 0.5) is 0 Å². The fourth-order valence-electron chi connectivity index (χ4n) is 2.56. The Labute approximate surface area is 86.2 Å². The summed E-state index contributed by atoms with van der Waals surface area (Å²) in [5, 5.41) is 8.75. The molecule has 0 unspecified atom stereocenters. The van der Waals surface area contributed by atoms with E-state index >= 15 is 0 Å². The maximum Gasteiger partial charge on any atom is 0.0944 e. The maximum atomic E-state index is 8.75. The molecule has 2 aliphatic rings. The molecule has 76 valence electrons. The highest BCUT2D eigenvalue weighted by atomic mass is 15.2. The van der Waals surface area contributed by atoms with Gasteiger partial charge in [0.1, 0.15) is 0 Å². The largest absolute Gasteiger partial charge is 0.296 e. The van der Waals surface area contributed by atoms with Crippen LogP contribution in [0.3, 0.4) is 0 Å². The van der Waals surface area contributed by atoms with E-state index in [1.807, 2.05) is 0 Å². The van der Waals surface area contributed by atoms with Crippen molar-refractivity contribution in [3.05, 3.63) is 11.6 Å². The van der Waals surface area contributed by atoms with E-state index in [1.54, 1.807) is 0 Å². The van der Waals surface area contributed by atoms with Gasteiger partial charge in [0.05, 0.1) is 6.07 Å². The topological polar surface area (TPSA) is 27.0 Å². The van der Waals surface area contributed by atoms with Crippen molar-refractivity contribution in [1.29, 1.82) is 5.26 Å². The molecule has 1 aliphatic carbocycles. The van der Waals surface area contributed by atoms with Gasteiger partial charge < -0.3 is 0 Å². The van der Waals surface area contributed by atoms with Crippen LogP contribution in [0.2, 0.25) is 0 Å². The zero-order valence-corrected chi connectivity index (χ0v) is 8.71. The predicted molar refractivity (Wildman–Crippen MR) is 56.8 cm³/mol. The molecule has 2 heteroatoms. The Hall–Kier alpha value is -0.810. The summed E-state index contributed by atoms with van der Waals surface area (Å²) in [6, 6.07) is 3.07. The van der Waals surface area contributed by atoms with Gasteiger partial charge in [0.25, 0.3) is 0 Å². The summed E-state index contributed by atoms with van der Waals surface area (Å²) in [6.07, 6.45) is 10.0. The van der Waals surface area contributed by atoms with Crippen molar-refractivity contribution >= 4 is 0 Å². The van der Waals surface area contributed by atoms with Gasteiger partial charge in [-0.2, -0.15) is 5.26 Å². The molecule has 1 fully saturated rings. The lowest BCUT2D eigenvalue weighted by atomic mass is 9.93. The molecule has 0 aromatic carbocycles. The Bertz CT molecular complexity index is 256. The summed E-state index contributed by atoms with van der Waals surface area (Å²) in [6.45, 7) is 2.11. The summed E-state index contributed by atoms with van der Waals surface area (Å²) in [5.41, 5.74) is 0.983. The third-order valence-corrected chi connectivity index (χ3v) is 3.48. The van der Waals surface area contributed by atoms with Crippen LogP contribution in [-0.4, -0.2) is 24.0 Å². The van der Waals surface area contributed by atoms with Crippen LogP contribution >= 0.6 is 0 Å². The third kappa shape index (κ3) is 2.16. The van der Waals surface area contributed by atoms with Crippen LogP contribution in [-0.2, 0) is 0 Å². The van der Waals surface area contributed by atoms with Gasteiger partial charge >= 0.3 is 0 Å². The number of hydrogen-bond acceptors (Lipinski definition) is 2. The lowest BCUT2D eigenvalue weighted by Crippen LogP contribution is -2.39. The van der Waals surface area contributed by atoms with E-state index in [9.17, 15) is 0 Å². The summed E-state index contributed by atoms with van der Waals surface area (Å²) in [7, 11) is 0. The van der Waals surface area contributed by atoms with Crippen LogP contribution in [0.25, 0.3) is 0 Å². The number of hydrogen-bond donors (Lipinski definition) is 0. The van der Waals surface area contributed by atoms with E-state index < -0.39 is 0 Å². The SMILES string of the molecule is N#CC1=CCN(C2CCCCC2)CC1. The summed E-state index contributed by atoms with van der Waals surface area (Å²) < 4.78 is 0. The van der Waals surface area contributed by atoms with E-state index in [4.69, 9.17) is 5.26 Å². The Morgan fingerprint density at radius 2 is 2.07 bits per heavy atom. The highest BCUT2D eigenvalue weighted by molar-refractivity contribution is 5.23. The highest BCUT2D eigenvalue weighted by Crippen LogP contribution is 2.24. The van der Waals surface area contributed by atoms with Crippen molar-refractivity contribution in [2.24, 2.45) is 0 Å². The standard InChI is InChI=1S/C12H18N2/c13-10-11-6-8-14(9-7-11)12-4-2-1-3-5-12/h6,12H,1-5,7-9H2. The molecule has 1 heterocycles. The number of nitriles is 1. The molecule has 1 aliphatic heterocycles. The number of rotatable bonds is 1. The first-order valence-electron chi connectivity index (χ1n) is 5.73. The quantitative estimate of drug-likeness (QED) is 0.635. The molecule has 0 saturated heterocycles. The normalized spacial score (nSPS) is 25.5. The Kier molecular flexibility index (Phi) is 3.21. The van der Waals surface area contributed by atoms with Gasteiger partial charge in [-0.25, -0.2) is 0 Å². The Balaban J connectivity index is 1.88. The molecule has 0 bridgehead atoms. The van der Waals surface area contributed by atoms with Gasteiger partial charge in [-0.05, 0) is 19.3 Å². The van der Waals surface area contributed by atoms with Crippen molar-refractivity contribution in [2.45, 2.75) is 44.6 Å². The molecule has 0 amide bonds. The highest BCUT2D eigenvalue weighted by Gasteiger charge is 2.22. The maximum absolute atomic E-state index is 8.75. The van der Waals surface area contributed by atoms with Crippen LogP contribution < -0.4 is 0 Å². The average molecular weight is 190 g/mol. The van der Waals surface area contributed by atoms with Gasteiger partial charge in [-0.3, -0.25) is 4.90 Å². The molecule has 0 aromatic heterocycles. The van der Waals surface area contributed by atoms with Crippen LogP contribution in [0, 0.1) is 11.3 Å². The minimum Gasteiger partial charge on any atom is -0.296 e. The molecular weight excluding hydrogens is 172 g/mol. The van der Waals surface area contributed by atoms with Crippen molar-refractivity contribution in [1.82, 2.24) is 4.90 Å². The van der Waals surface area contributed by atoms with Crippen molar-refractivity contribution in [2.75, 3.05) is 13.1 Å². The smallest absolute Gasteiger partial charge is 0.0944 e. The first kappa shape index (κ1) is 9.73. The monoisotopic (exact) mass is 190 g/mol. The average Bonchev–Trinajstić information content (AvgIpc) is 2.30. The van der Waals surface area contributed by atoms with E-state index in [2.05, 4.69) is 17.0 Å². The molecule has 0 aromatic rings. The lowest BCUT2D eigenvalue weighted by molar-refractivity contribution is 0.168. The number of nitrogens with zero attached hydrogens (tertiary/aromatic N) is 2. The summed E-state index contributed by atoms with van der Waals surface area (Å²) in [5.74, 6) is 0. The van der Waals surface area contributed by atoms with Crippen molar-refractivity contribution in [3.63, 3.8) is 0 Å². The Morgan fingerprint density at radius 1 is 1.29 bits per heavy atom. The molecule has 0 atom stereocenters. The minimum atomic E-state index is 0.806. The zero-order valence-electron chi connectivity index (χ0n) is 8.71.